The Balaban J connectivity index is 1.62. The van der Waals surface area contributed by atoms with E-state index in [0.717, 1.165) is 49.1 Å². The van der Waals surface area contributed by atoms with Crippen LogP contribution in [0.2, 0.25) is 0 Å². The molecule has 0 bridgehead atoms. The van der Waals surface area contributed by atoms with Crippen LogP contribution >= 0.6 is 0 Å². The maximum atomic E-state index is 12.4. The van der Waals surface area contributed by atoms with E-state index in [4.69, 9.17) is 14.2 Å². The fraction of sp³-hybridized carbons (Fsp3) is 0.640. The summed E-state index contributed by atoms with van der Waals surface area (Å²) in [6, 6.07) is 3.76. The molecule has 0 radical (unpaired) electrons. The van der Waals surface area contributed by atoms with Crippen LogP contribution in [-0.2, 0) is 19.6 Å². The number of rotatable bonds is 10. The van der Waals surface area contributed by atoms with Gasteiger partial charge in [-0.2, -0.15) is 0 Å². The van der Waals surface area contributed by atoms with Gasteiger partial charge in [0, 0.05) is 31.1 Å². The Bertz CT molecular complexity index is 1160. The number of ether oxygens (including phenoxy) is 3. The summed E-state index contributed by atoms with van der Waals surface area (Å²) in [5.41, 5.74) is 0.0595. The highest BCUT2D eigenvalue weighted by Gasteiger charge is 2.29. The Hall–Kier alpha value is -2.66. The van der Waals surface area contributed by atoms with Crippen molar-refractivity contribution < 1.29 is 27.4 Å². The lowest BCUT2D eigenvalue weighted by Crippen LogP contribution is -2.41. The minimum absolute atomic E-state index is 0.173. The summed E-state index contributed by atoms with van der Waals surface area (Å²) in [6.45, 7) is 9.10. The lowest BCUT2D eigenvalue weighted by Gasteiger charge is -2.37. The number of carbonyl (C=O) groups is 1. The third-order valence-corrected chi connectivity index (χ3v) is 7.67. The Morgan fingerprint density at radius 2 is 1.78 bits per heavy atom. The molecule has 2 heterocycles. The van der Waals surface area contributed by atoms with Gasteiger partial charge in [0.1, 0.15) is 17.7 Å². The van der Waals surface area contributed by atoms with E-state index in [1.807, 2.05) is 12.1 Å². The number of anilines is 1. The summed E-state index contributed by atoms with van der Waals surface area (Å²) in [5, 5.41) is 0.899. The van der Waals surface area contributed by atoms with Crippen molar-refractivity contribution in [3.8, 4) is 11.5 Å². The smallest absolute Gasteiger partial charge is 0.323 e. The van der Waals surface area contributed by atoms with Crippen molar-refractivity contribution in [3.63, 3.8) is 0 Å². The molecule has 11 heteroatoms. The summed E-state index contributed by atoms with van der Waals surface area (Å²) in [7, 11) is -0.563. The van der Waals surface area contributed by atoms with Crippen molar-refractivity contribution in [1.29, 1.82) is 0 Å². The third-order valence-electron chi connectivity index (χ3n) is 6.44. The maximum Gasteiger partial charge on any atom is 0.323 e. The molecule has 1 aromatic heterocycles. The van der Waals surface area contributed by atoms with Crippen molar-refractivity contribution in [2.24, 2.45) is 11.8 Å². The van der Waals surface area contributed by atoms with Gasteiger partial charge in [-0.1, -0.05) is 13.3 Å². The van der Waals surface area contributed by atoms with Crippen LogP contribution in [-0.4, -0.2) is 69.6 Å². The van der Waals surface area contributed by atoms with Gasteiger partial charge < -0.3 is 19.1 Å². The first-order chi connectivity index (χ1) is 17.0. The van der Waals surface area contributed by atoms with Gasteiger partial charge in [-0.25, -0.2) is 23.1 Å². The van der Waals surface area contributed by atoms with Crippen molar-refractivity contribution in [2.45, 2.75) is 52.6 Å². The molecule has 200 valence electrons. The largest absolute Gasteiger partial charge is 0.493 e. The highest BCUT2D eigenvalue weighted by atomic mass is 32.2. The van der Waals surface area contributed by atoms with Gasteiger partial charge in [-0.05, 0) is 51.5 Å². The molecule has 1 unspecified atom stereocenters. The fourth-order valence-corrected chi connectivity index (χ4v) is 5.60. The number of nitrogens with one attached hydrogen (secondary N) is 1. The van der Waals surface area contributed by atoms with Crippen molar-refractivity contribution in [3.05, 3.63) is 18.5 Å². The topological polar surface area (TPSA) is 120 Å². The van der Waals surface area contributed by atoms with Crippen LogP contribution in [0.3, 0.4) is 0 Å². The van der Waals surface area contributed by atoms with Crippen LogP contribution in [0.25, 0.3) is 10.9 Å². The standard InChI is InChI=1S/C25H38N4O6S/c1-7-17(14-28-36(31,32)15-23(30)35-25(2,3)4)18-8-10-29(11-9-18)24-19-12-21(33-5)22(34-6)13-20(19)26-16-27-24/h12-13,16-18,28H,7-11,14-15H2,1-6H3. The molecule has 1 N–H and O–H groups in total. The van der Waals surface area contributed by atoms with Gasteiger partial charge in [0.25, 0.3) is 0 Å². The number of carbonyl (C=O) groups excluding carboxylic acids is 1. The Labute approximate surface area is 213 Å². The summed E-state index contributed by atoms with van der Waals surface area (Å²) in [6.07, 6.45) is 4.22. The summed E-state index contributed by atoms with van der Waals surface area (Å²) >= 11 is 0. The second-order valence-corrected chi connectivity index (χ2v) is 11.9. The quantitative estimate of drug-likeness (QED) is 0.469. The van der Waals surface area contributed by atoms with E-state index in [1.165, 1.54) is 0 Å². The van der Waals surface area contributed by atoms with Crippen LogP contribution in [0.5, 0.6) is 11.5 Å². The molecule has 1 atom stereocenters. The van der Waals surface area contributed by atoms with Gasteiger partial charge in [-0.3, -0.25) is 4.79 Å². The molecule has 0 spiro atoms. The fourth-order valence-electron chi connectivity index (χ4n) is 4.66. The number of nitrogens with zero attached hydrogens (tertiary/aromatic N) is 3. The van der Waals surface area contributed by atoms with Crippen LogP contribution < -0.4 is 19.1 Å². The third kappa shape index (κ3) is 7.19. The average molecular weight is 523 g/mol. The predicted octanol–water partition coefficient (Wildman–Crippen LogP) is 3.15. The van der Waals surface area contributed by atoms with Gasteiger partial charge in [0.05, 0.1) is 19.7 Å². The molecule has 10 nitrogen and oxygen atoms in total. The second-order valence-electron chi connectivity index (χ2n) is 10.1. The van der Waals surface area contributed by atoms with Gasteiger partial charge >= 0.3 is 5.97 Å². The van der Waals surface area contributed by atoms with E-state index in [0.29, 0.717) is 24.0 Å². The molecule has 0 aliphatic carbocycles. The minimum atomic E-state index is -3.76. The zero-order chi connectivity index (χ0) is 26.5. The van der Waals surface area contributed by atoms with E-state index < -0.39 is 27.3 Å². The summed E-state index contributed by atoms with van der Waals surface area (Å²) in [5.74, 6) is 1.21. The maximum absolute atomic E-state index is 12.4. The monoisotopic (exact) mass is 522 g/mol. The van der Waals surface area contributed by atoms with Crippen LogP contribution in [0.15, 0.2) is 18.5 Å². The van der Waals surface area contributed by atoms with E-state index >= 15 is 0 Å². The SMILES string of the molecule is CCC(CNS(=O)(=O)CC(=O)OC(C)(C)C)C1CCN(c2ncnc3cc(OC)c(OC)cc23)CC1. The minimum Gasteiger partial charge on any atom is -0.493 e. The molecule has 1 aromatic carbocycles. The van der Waals surface area contributed by atoms with Gasteiger partial charge in [0.15, 0.2) is 17.3 Å². The number of aromatic nitrogens is 2. The molecular weight excluding hydrogens is 484 g/mol. The molecule has 1 aliphatic heterocycles. The average Bonchev–Trinajstić information content (AvgIpc) is 2.81. The van der Waals surface area contributed by atoms with E-state index in [9.17, 15) is 13.2 Å². The van der Waals surface area contributed by atoms with Gasteiger partial charge in [-0.15, -0.1) is 0 Å². The number of methoxy groups -OCH3 is 2. The molecule has 36 heavy (non-hydrogen) atoms. The van der Waals surface area contributed by atoms with E-state index in [1.54, 1.807) is 41.3 Å². The highest BCUT2D eigenvalue weighted by Crippen LogP contribution is 2.36. The molecule has 1 aliphatic rings. The highest BCUT2D eigenvalue weighted by molar-refractivity contribution is 7.90. The van der Waals surface area contributed by atoms with Crippen LogP contribution in [0.4, 0.5) is 5.82 Å². The number of fused-ring (bicyclic) bond motifs is 1. The van der Waals surface area contributed by atoms with Crippen LogP contribution in [0, 0.1) is 11.8 Å². The number of sulfonamides is 1. The number of piperidine rings is 1. The predicted molar refractivity (Wildman–Crippen MR) is 139 cm³/mol. The van der Waals surface area contributed by atoms with E-state index in [-0.39, 0.29) is 5.92 Å². The van der Waals surface area contributed by atoms with Gasteiger partial charge in [0.2, 0.25) is 10.0 Å². The molecule has 0 amide bonds. The Morgan fingerprint density at radius 1 is 1.14 bits per heavy atom. The molecule has 1 fully saturated rings. The number of hydrogen-bond donors (Lipinski definition) is 1. The summed E-state index contributed by atoms with van der Waals surface area (Å²) in [4.78, 5) is 23.1. The normalized spacial score (nSPS) is 16.1. The van der Waals surface area contributed by atoms with Crippen LogP contribution in [0.1, 0.15) is 47.0 Å². The lowest BCUT2D eigenvalue weighted by atomic mass is 9.83. The molecular formula is C25H38N4O6S. The lowest BCUT2D eigenvalue weighted by molar-refractivity contribution is -0.151. The number of benzene rings is 1. The van der Waals surface area contributed by atoms with Crippen molar-refractivity contribution in [2.75, 3.05) is 44.5 Å². The zero-order valence-corrected chi connectivity index (χ0v) is 22.9. The summed E-state index contributed by atoms with van der Waals surface area (Å²) < 4.78 is 43.5. The first-order valence-electron chi connectivity index (χ1n) is 12.3. The first kappa shape index (κ1) is 27.9. The second kappa shape index (κ2) is 11.6. The first-order valence-corrected chi connectivity index (χ1v) is 13.9. The van der Waals surface area contributed by atoms with Crippen molar-refractivity contribution in [1.82, 2.24) is 14.7 Å². The molecule has 1 saturated heterocycles. The zero-order valence-electron chi connectivity index (χ0n) is 22.0. The molecule has 3 rings (SSSR count). The molecule has 2 aromatic rings. The van der Waals surface area contributed by atoms with Crippen molar-refractivity contribution >= 4 is 32.7 Å². The molecule has 0 saturated carbocycles. The van der Waals surface area contributed by atoms with E-state index in [2.05, 4.69) is 26.5 Å². The number of hydrogen-bond acceptors (Lipinski definition) is 9. The Kier molecular flexibility index (Phi) is 8.99. The number of esters is 1. The Morgan fingerprint density at radius 3 is 2.36 bits per heavy atom.